The highest BCUT2D eigenvalue weighted by Gasteiger charge is 2.23. The molecule has 1 saturated heterocycles. The molecule has 0 bridgehead atoms. The number of hydrogen-bond acceptors (Lipinski definition) is 5. The fraction of sp³-hybridized carbons (Fsp3) is 0.533. The van der Waals surface area contributed by atoms with Crippen LogP contribution in [0.2, 0.25) is 0 Å². The average molecular weight is 279 g/mol. The van der Waals surface area contributed by atoms with Crippen molar-refractivity contribution in [1.29, 1.82) is 0 Å². The lowest BCUT2D eigenvalue weighted by Gasteiger charge is -2.34. The molecule has 1 N–H and O–H groups in total. The van der Waals surface area contributed by atoms with E-state index in [9.17, 15) is 9.90 Å². The summed E-state index contributed by atoms with van der Waals surface area (Å²) in [5.41, 5.74) is 1.63. The molecule has 1 aliphatic heterocycles. The van der Waals surface area contributed by atoms with Crippen molar-refractivity contribution < 1.29 is 19.4 Å². The van der Waals surface area contributed by atoms with Gasteiger partial charge in [0.05, 0.1) is 33.0 Å². The molecule has 0 aromatic heterocycles. The summed E-state index contributed by atoms with van der Waals surface area (Å²) in [6, 6.07) is 5.45. The molecule has 1 atom stereocenters. The van der Waals surface area contributed by atoms with Crippen molar-refractivity contribution in [3.05, 3.63) is 29.3 Å². The molecule has 1 fully saturated rings. The first-order valence-corrected chi connectivity index (χ1v) is 6.76. The Hall–Kier alpha value is -1.43. The molecule has 20 heavy (non-hydrogen) atoms. The molecule has 0 radical (unpaired) electrons. The maximum absolute atomic E-state index is 11.5. The Morgan fingerprint density at radius 3 is 3.00 bits per heavy atom. The first-order valence-electron chi connectivity index (χ1n) is 6.76. The van der Waals surface area contributed by atoms with Crippen molar-refractivity contribution in [3.63, 3.8) is 0 Å². The van der Waals surface area contributed by atoms with Crippen LogP contribution in [0.5, 0.6) is 5.75 Å². The minimum atomic E-state index is -0.00515. The smallest absolute Gasteiger partial charge is 0.159 e. The normalized spacial score (nSPS) is 19.9. The van der Waals surface area contributed by atoms with Crippen LogP contribution in [0, 0.1) is 0 Å². The number of carbonyl (C=O) groups is 1. The van der Waals surface area contributed by atoms with E-state index < -0.39 is 0 Å². The van der Waals surface area contributed by atoms with E-state index >= 15 is 0 Å². The minimum Gasteiger partial charge on any atom is -0.496 e. The number of nitrogens with zero attached hydrogens (tertiary/aromatic N) is 1. The molecule has 0 saturated carbocycles. The third-order valence-electron chi connectivity index (χ3n) is 3.62. The second-order valence-corrected chi connectivity index (χ2v) is 4.96. The van der Waals surface area contributed by atoms with Gasteiger partial charge in [-0.25, -0.2) is 0 Å². The van der Waals surface area contributed by atoms with Gasteiger partial charge in [0.15, 0.2) is 5.78 Å². The highest BCUT2D eigenvalue weighted by molar-refractivity contribution is 5.94. The van der Waals surface area contributed by atoms with Gasteiger partial charge in [-0.1, -0.05) is 0 Å². The molecule has 5 heteroatoms. The van der Waals surface area contributed by atoms with Crippen molar-refractivity contribution in [2.75, 3.05) is 33.5 Å². The third kappa shape index (κ3) is 3.36. The largest absolute Gasteiger partial charge is 0.496 e. The number of aliphatic hydroxyl groups is 1. The summed E-state index contributed by atoms with van der Waals surface area (Å²) in [6.07, 6.45) is 0. The number of benzene rings is 1. The number of carbonyl (C=O) groups excluding carboxylic acids is 1. The minimum absolute atomic E-state index is 0.00515. The third-order valence-corrected chi connectivity index (χ3v) is 3.62. The molecule has 0 amide bonds. The van der Waals surface area contributed by atoms with Crippen LogP contribution in [0.1, 0.15) is 22.8 Å². The van der Waals surface area contributed by atoms with Gasteiger partial charge in [-0.05, 0) is 25.1 Å². The molecule has 1 aliphatic rings. The van der Waals surface area contributed by atoms with E-state index in [1.165, 1.54) is 0 Å². The number of hydrogen-bond donors (Lipinski definition) is 1. The molecular weight excluding hydrogens is 258 g/mol. The Bertz CT molecular complexity index is 475. The molecule has 5 nitrogen and oxygen atoms in total. The summed E-state index contributed by atoms with van der Waals surface area (Å²) in [6.45, 7) is 4.21. The first kappa shape index (κ1) is 15.0. The van der Waals surface area contributed by atoms with E-state index in [0.717, 1.165) is 17.9 Å². The molecule has 1 aromatic carbocycles. The molecule has 0 aliphatic carbocycles. The van der Waals surface area contributed by atoms with Gasteiger partial charge in [-0.15, -0.1) is 0 Å². The van der Waals surface area contributed by atoms with Crippen LogP contribution in [0.3, 0.4) is 0 Å². The van der Waals surface area contributed by atoms with Gasteiger partial charge < -0.3 is 14.6 Å². The van der Waals surface area contributed by atoms with Gasteiger partial charge in [-0.2, -0.15) is 0 Å². The van der Waals surface area contributed by atoms with Gasteiger partial charge in [-0.3, -0.25) is 9.69 Å². The number of ketones is 1. The quantitative estimate of drug-likeness (QED) is 0.818. The van der Waals surface area contributed by atoms with E-state index in [2.05, 4.69) is 4.90 Å². The first-order chi connectivity index (χ1) is 9.65. The van der Waals surface area contributed by atoms with Crippen molar-refractivity contribution in [1.82, 2.24) is 4.90 Å². The summed E-state index contributed by atoms with van der Waals surface area (Å²) < 4.78 is 10.7. The van der Waals surface area contributed by atoms with E-state index in [0.29, 0.717) is 25.3 Å². The zero-order valence-corrected chi connectivity index (χ0v) is 12.0. The maximum atomic E-state index is 11.5. The number of Topliss-reactive ketones (excluding diaryl/α,β-unsaturated/α-hetero) is 1. The van der Waals surface area contributed by atoms with Crippen molar-refractivity contribution in [2.45, 2.75) is 19.5 Å². The fourth-order valence-electron chi connectivity index (χ4n) is 2.41. The van der Waals surface area contributed by atoms with E-state index in [1.807, 2.05) is 12.1 Å². The Balaban J connectivity index is 2.21. The van der Waals surface area contributed by atoms with Gasteiger partial charge in [0.1, 0.15) is 5.75 Å². The standard InChI is InChI=1S/C15H21NO4/c1-11(18)12-3-4-15(19-2)13(7-12)8-16-5-6-20-10-14(16)9-17/h3-4,7,14,17H,5-6,8-10H2,1-2H3. The second kappa shape index (κ2) is 6.83. The van der Waals surface area contributed by atoms with Gasteiger partial charge >= 0.3 is 0 Å². The summed E-state index contributed by atoms with van der Waals surface area (Å²) in [4.78, 5) is 13.7. The van der Waals surface area contributed by atoms with Crippen molar-refractivity contribution in [3.8, 4) is 5.75 Å². The lowest BCUT2D eigenvalue weighted by atomic mass is 10.1. The van der Waals surface area contributed by atoms with Gasteiger partial charge in [0, 0.05) is 24.2 Å². The van der Waals surface area contributed by atoms with Crippen LogP contribution >= 0.6 is 0 Å². The molecule has 1 unspecified atom stereocenters. The number of rotatable bonds is 5. The lowest BCUT2D eigenvalue weighted by Crippen LogP contribution is -2.46. The lowest BCUT2D eigenvalue weighted by molar-refractivity contribution is -0.0315. The number of aliphatic hydroxyl groups excluding tert-OH is 1. The Morgan fingerprint density at radius 1 is 1.55 bits per heavy atom. The summed E-state index contributed by atoms with van der Waals surface area (Å²) >= 11 is 0. The van der Waals surface area contributed by atoms with Gasteiger partial charge in [0.2, 0.25) is 0 Å². The molecule has 0 spiro atoms. The van der Waals surface area contributed by atoms with Crippen LogP contribution in [-0.4, -0.2) is 55.3 Å². The number of methoxy groups -OCH3 is 1. The monoisotopic (exact) mass is 279 g/mol. The second-order valence-electron chi connectivity index (χ2n) is 4.96. The Labute approximate surface area is 119 Å². The van der Waals surface area contributed by atoms with E-state index in [1.54, 1.807) is 20.1 Å². The molecule has 2 rings (SSSR count). The zero-order valence-electron chi connectivity index (χ0n) is 12.0. The van der Waals surface area contributed by atoms with Crippen LogP contribution in [-0.2, 0) is 11.3 Å². The average Bonchev–Trinajstić information content (AvgIpc) is 2.47. The topological polar surface area (TPSA) is 59.0 Å². The van der Waals surface area contributed by atoms with Crippen molar-refractivity contribution >= 4 is 5.78 Å². The van der Waals surface area contributed by atoms with Crippen LogP contribution in [0.25, 0.3) is 0 Å². The highest BCUT2D eigenvalue weighted by atomic mass is 16.5. The highest BCUT2D eigenvalue weighted by Crippen LogP contribution is 2.23. The summed E-state index contributed by atoms with van der Waals surface area (Å²) in [5.74, 6) is 0.799. The van der Waals surface area contributed by atoms with Gasteiger partial charge in [0.25, 0.3) is 0 Å². The predicted molar refractivity (Wildman–Crippen MR) is 75.1 cm³/mol. The Morgan fingerprint density at radius 2 is 2.35 bits per heavy atom. The molecule has 1 aromatic rings. The number of ether oxygens (including phenoxy) is 2. The van der Waals surface area contributed by atoms with E-state index in [-0.39, 0.29) is 18.4 Å². The molecular formula is C15H21NO4. The van der Waals surface area contributed by atoms with E-state index in [4.69, 9.17) is 9.47 Å². The van der Waals surface area contributed by atoms with Crippen molar-refractivity contribution in [2.24, 2.45) is 0 Å². The maximum Gasteiger partial charge on any atom is 0.159 e. The van der Waals surface area contributed by atoms with Crippen LogP contribution < -0.4 is 4.74 Å². The van der Waals surface area contributed by atoms with Crippen LogP contribution in [0.4, 0.5) is 0 Å². The van der Waals surface area contributed by atoms with Crippen LogP contribution in [0.15, 0.2) is 18.2 Å². The summed E-state index contributed by atoms with van der Waals surface area (Å²) in [5, 5.41) is 9.40. The molecule has 110 valence electrons. The number of morpholine rings is 1. The zero-order chi connectivity index (χ0) is 14.5. The molecule has 1 heterocycles. The SMILES string of the molecule is COc1ccc(C(C)=O)cc1CN1CCOCC1CO. The predicted octanol–water partition coefficient (Wildman–Crippen LogP) is 1.09. The Kier molecular flexibility index (Phi) is 5.11. The fourth-order valence-corrected chi connectivity index (χ4v) is 2.41. The summed E-state index contributed by atoms with van der Waals surface area (Å²) in [7, 11) is 1.62.